The van der Waals surface area contributed by atoms with Crippen LogP contribution in [0.2, 0.25) is 10.0 Å². The normalized spacial score (nSPS) is 12.8. The second-order valence-corrected chi connectivity index (χ2v) is 6.90. The number of aryl methyl sites for hydroxylation is 1. The molecule has 1 atom stereocenters. The van der Waals surface area contributed by atoms with E-state index < -0.39 is 17.6 Å². The first-order chi connectivity index (χ1) is 11.6. The highest BCUT2D eigenvalue weighted by Crippen LogP contribution is 2.31. The van der Waals surface area contributed by atoms with Gasteiger partial charge in [-0.3, -0.25) is 4.79 Å². The van der Waals surface area contributed by atoms with Crippen molar-refractivity contribution in [3.63, 3.8) is 0 Å². The molecule has 1 aromatic rings. The minimum Gasteiger partial charge on any atom is -0.481 e. The van der Waals surface area contributed by atoms with E-state index >= 15 is 0 Å². The van der Waals surface area contributed by atoms with E-state index in [1.165, 1.54) is 13.2 Å². The number of carbonyl (C=O) groups excluding carboxylic acids is 2. The van der Waals surface area contributed by atoms with Crippen molar-refractivity contribution in [2.24, 2.45) is 0 Å². The second kappa shape index (κ2) is 9.11. The summed E-state index contributed by atoms with van der Waals surface area (Å²) >= 11 is 12.1. The van der Waals surface area contributed by atoms with Gasteiger partial charge >= 0.3 is 5.97 Å². The van der Waals surface area contributed by atoms with Crippen molar-refractivity contribution in [3.05, 3.63) is 39.9 Å². The van der Waals surface area contributed by atoms with E-state index in [4.69, 9.17) is 27.9 Å². The third-order valence-corrected chi connectivity index (χ3v) is 4.30. The topological polar surface area (TPSA) is 64.6 Å². The minimum atomic E-state index is -0.740. The van der Waals surface area contributed by atoms with E-state index in [1.807, 2.05) is 13.8 Å². The summed E-state index contributed by atoms with van der Waals surface area (Å²) in [4.78, 5) is 23.7. The van der Waals surface area contributed by atoms with Gasteiger partial charge in [0.15, 0.2) is 6.10 Å². The molecule has 7 heteroatoms. The van der Waals surface area contributed by atoms with Crippen LogP contribution in [0.1, 0.15) is 32.8 Å². The first kappa shape index (κ1) is 21.3. The second-order valence-electron chi connectivity index (χ2n) is 6.12. The summed E-state index contributed by atoms with van der Waals surface area (Å²) in [5, 5.41) is 3.66. The van der Waals surface area contributed by atoms with E-state index in [9.17, 15) is 9.59 Å². The number of nitrogens with one attached hydrogen (secondary N) is 1. The van der Waals surface area contributed by atoms with Crippen LogP contribution in [-0.4, -0.2) is 30.6 Å². The maximum Gasteiger partial charge on any atom is 0.330 e. The Morgan fingerprint density at radius 2 is 1.96 bits per heavy atom. The fraction of sp³-hybridized carbons (Fsp3) is 0.444. The van der Waals surface area contributed by atoms with Crippen LogP contribution in [0.25, 0.3) is 0 Å². The Balaban J connectivity index is 2.84. The van der Waals surface area contributed by atoms with E-state index in [2.05, 4.69) is 10.1 Å². The number of esters is 1. The van der Waals surface area contributed by atoms with Gasteiger partial charge in [0, 0.05) is 12.1 Å². The number of halogens is 2. The molecule has 0 saturated carbocycles. The zero-order valence-electron chi connectivity index (χ0n) is 15.0. The zero-order valence-corrected chi connectivity index (χ0v) is 16.5. The van der Waals surface area contributed by atoms with Crippen molar-refractivity contribution in [3.8, 4) is 5.75 Å². The van der Waals surface area contributed by atoms with Crippen LogP contribution in [-0.2, 0) is 14.3 Å². The zero-order chi connectivity index (χ0) is 19.2. The lowest BCUT2D eigenvalue weighted by molar-refractivity contribution is -0.135. The Labute approximate surface area is 158 Å². The van der Waals surface area contributed by atoms with Crippen molar-refractivity contribution in [2.45, 2.75) is 45.8 Å². The summed E-state index contributed by atoms with van der Waals surface area (Å²) < 4.78 is 10.3. The monoisotopic (exact) mass is 387 g/mol. The van der Waals surface area contributed by atoms with Crippen molar-refractivity contribution < 1.29 is 19.1 Å². The minimum absolute atomic E-state index is 0.300. The van der Waals surface area contributed by atoms with Crippen molar-refractivity contribution in [2.75, 3.05) is 7.11 Å². The van der Waals surface area contributed by atoms with E-state index in [-0.39, 0.29) is 5.91 Å². The standard InChI is InChI=1S/C18H23Cl2NO4/c1-6-14(25-12-9-11(2)16(20)13(19)10-12)17(23)21-18(3,4)8-7-15(22)24-5/h7-10,14H,6H2,1-5H3,(H,21,23)/b8-7+. The molecular formula is C18H23Cl2NO4. The average molecular weight is 388 g/mol. The Morgan fingerprint density at radius 3 is 2.48 bits per heavy atom. The smallest absolute Gasteiger partial charge is 0.330 e. The first-order valence-electron chi connectivity index (χ1n) is 7.81. The van der Waals surface area contributed by atoms with E-state index in [1.54, 1.807) is 32.1 Å². The summed E-state index contributed by atoms with van der Waals surface area (Å²) in [5.74, 6) is -0.320. The molecule has 1 N–H and O–H groups in total. The van der Waals surface area contributed by atoms with Crippen LogP contribution in [0, 0.1) is 6.92 Å². The van der Waals surface area contributed by atoms with Crippen molar-refractivity contribution in [1.82, 2.24) is 5.32 Å². The number of carbonyl (C=O) groups is 2. The Hall–Kier alpha value is -1.72. The largest absolute Gasteiger partial charge is 0.481 e. The highest BCUT2D eigenvalue weighted by molar-refractivity contribution is 6.42. The number of hydrogen-bond acceptors (Lipinski definition) is 4. The van der Waals surface area contributed by atoms with Gasteiger partial charge < -0.3 is 14.8 Å². The van der Waals surface area contributed by atoms with Gasteiger partial charge in [0.25, 0.3) is 5.91 Å². The summed E-state index contributed by atoms with van der Waals surface area (Å²) in [7, 11) is 1.29. The fourth-order valence-electron chi connectivity index (χ4n) is 2.03. The predicted octanol–water partition coefficient (Wildman–Crippen LogP) is 4.08. The van der Waals surface area contributed by atoms with Crippen LogP contribution in [0.5, 0.6) is 5.75 Å². The number of rotatable bonds is 7. The third kappa shape index (κ3) is 6.59. The number of hydrogen-bond donors (Lipinski definition) is 1. The maximum absolute atomic E-state index is 12.5. The molecular weight excluding hydrogens is 365 g/mol. The highest BCUT2D eigenvalue weighted by atomic mass is 35.5. The molecule has 1 unspecified atom stereocenters. The molecule has 0 radical (unpaired) electrons. The fourth-order valence-corrected chi connectivity index (χ4v) is 2.40. The summed E-state index contributed by atoms with van der Waals surface area (Å²) in [6.45, 7) is 7.18. The Bertz CT molecular complexity index is 648. The lowest BCUT2D eigenvalue weighted by atomic mass is 10.0. The molecule has 0 spiro atoms. The molecule has 0 saturated heterocycles. The summed E-state index contributed by atoms with van der Waals surface area (Å²) in [6.07, 6.45) is 2.58. The van der Waals surface area contributed by atoms with Crippen LogP contribution in [0.3, 0.4) is 0 Å². The molecule has 0 fully saturated rings. The van der Waals surface area contributed by atoms with E-state index in [0.717, 1.165) is 5.56 Å². The predicted molar refractivity (Wildman–Crippen MR) is 99.3 cm³/mol. The number of benzene rings is 1. The molecule has 0 aliphatic carbocycles. The molecule has 1 amide bonds. The van der Waals surface area contributed by atoms with Gasteiger partial charge in [-0.25, -0.2) is 4.79 Å². The van der Waals surface area contributed by atoms with Gasteiger partial charge in [-0.2, -0.15) is 0 Å². The van der Waals surface area contributed by atoms with Gasteiger partial charge in [0.1, 0.15) is 5.75 Å². The lowest BCUT2D eigenvalue weighted by Gasteiger charge is -2.26. The van der Waals surface area contributed by atoms with Gasteiger partial charge in [-0.1, -0.05) is 36.2 Å². The average Bonchev–Trinajstić information content (AvgIpc) is 2.54. The molecule has 0 aliphatic heterocycles. The third-order valence-electron chi connectivity index (χ3n) is 3.41. The molecule has 0 heterocycles. The quantitative estimate of drug-likeness (QED) is 0.565. The summed E-state index contributed by atoms with van der Waals surface area (Å²) in [5.41, 5.74) is 0.0241. The molecule has 1 aromatic carbocycles. The molecule has 0 aromatic heterocycles. The van der Waals surface area contributed by atoms with Gasteiger partial charge in [0.2, 0.25) is 0 Å². The van der Waals surface area contributed by atoms with E-state index in [0.29, 0.717) is 22.2 Å². The van der Waals surface area contributed by atoms with Gasteiger partial charge in [-0.05, 0) is 38.8 Å². The van der Waals surface area contributed by atoms with Crippen molar-refractivity contribution >= 4 is 35.1 Å². The number of ether oxygens (including phenoxy) is 2. The van der Waals surface area contributed by atoms with Gasteiger partial charge in [-0.15, -0.1) is 0 Å². The van der Waals surface area contributed by atoms with Crippen LogP contribution < -0.4 is 10.1 Å². The van der Waals surface area contributed by atoms with Crippen LogP contribution >= 0.6 is 23.2 Å². The molecule has 25 heavy (non-hydrogen) atoms. The summed E-state index contributed by atoms with van der Waals surface area (Å²) in [6, 6.07) is 3.31. The van der Waals surface area contributed by atoms with Gasteiger partial charge in [0.05, 0.1) is 22.7 Å². The number of amides is 1. The van der Waals surface area contributed by atoms with Crippen LogP contribution in [0.4, 0.5) is 0 Å². The van der Waals surface area contributed by atoms with Crippen LogP contribution in [0.15, 0.2) is 24.3 Å². The Kier molecular flexibility index (Phi) is 7.77. The molecule has 1 rings (SSSR count). The molecule has 5 nitrogen and oxygen atoms in total. The first-order valence-corrected chi connectivity index (χ1v) is 8.56. The highest BCUT2D eigenvalue weighted by Gasteiger charge is 2.25. The molecule has 138 valence electrons. The van der Waals surface area contributed by atoms with Crippen molar-refractivity contribution in [1.29, 1.82) is 0 Å². The molecule has 0 bridgehead atoms. The SMILES string of the molecule is CCC(Oc1cc(C)c(Cl)c(Cl)c1)C(=O)NC(C)(C)/C=C/C(=O)OC. The number of methoxy groups -OCH3 is 1. The maximum atomic E-state index is 12.5. The lowest BCUT2D eigenvalue weighted by Crippen LogP contribution is -2.48. The molecule has 0 aliphatic rings. The Morgan fingerprint density at radius 1 is 1.32 bits per heavy atom.